The van der Waals surface area contributed by atoms with Gasteiger partial charge in [0, 0.05) is 36.1 Å². The Morgan fingerprint density at radius 3 is 2.61 bits per heavy atom. The molecule has 2 heterocycles. The van der Waals surface area contributed by atoms with E-state index in [1.165, 1.54) is 10.6 Å². The number of urea groups is 1. The Balaban J connectivity index is 1.77. The number of aromatic nitrogens is 2. The molecule has 33 heavy (non-hydrogen) atoms. The number of para-hydroxylation sites is 1. The van der Waals surface area contributed by atoms with Crippen LogP contribution in [0.2, 0.25) is 5.02 Å². The van der Waals surface area contributed by atoms with Crippen LogP contribution >= 0.6 is 11.6 Å². The van der Waals surface area contributed by atoms with Crippen molar-refractivity contribution in [1.29, 1.82) is 0 Å². The molecule has 0 fully saturated rings. The normalized spacial score (nSPS) is 10.8. The Kier molecular flexibility index (Phi) is 6.28. The summed E-state index contributed by atoms with van der Waals surface area (Å²) in [7, 11) is 1.75. The van der Waals surface area contributed by atoms with Crippen LogP contribution in [-0.4, -0.2) is 22.6 Å². The molecule has 2 aromatic carbocycles. The van der Waals surface area contributed by atoms with Gasteiger partial charge in [-0.15, -0.1) is 0 Å². The average molecular weight is 466 g/mol. The molecule has 0 bridgehead atoms. The molecule has 0 aliphatic heterocycles. The van der Waals surface area contributed by atoms with Crippen molar-refractivity contribution < 1.29 is 9.18 Å². The lowest BCUT2D eigenvalue weighted by Crippen LogP contribution is -2.23. The Labute approximate surface area is 194 Å². The van der Waals surface area contributed by atoms with Crippen molar-refractivity contribution in [3.05, 3.63) is 87.7 Å². The summed E-state index contributed by atoms with van der Waals surface area (Å²) >= 11 is 6.32. The van der Waals surface area contributed by atoms with Crippen LogP contribution in [0.5, 0.6) is 0 Å². The van der Waals surface area contributed by atoms with E-state index in [0.29, 0.717) is 23.5 Å². The highest BCUT2D eigenvalue weighted by molar-refractivity contribution is 6.32. The quantitative estimate of drug-likeness (QED) is 0.367. The van der Waals surface area contributed by atoms with Gasteiger partial charge in [0.25, 0.3) is 5.56 Å². The maximum Gasteiger partial charge on any atom is 0.323 e. The fourth-order valence-corrected chi connectivity index (χ4v) is 3.81. The molecule has 4 aromatic rings. The molecule has 0 spiro atoms. The van der Waals surface area contributed by atoms with Gasteiger partial charge in [0.15, 0.2) is 0 Å². The molecule has 168 valence electrons. The van der Waals surface area contributed by atoms with E-state index >= 15 is 0 Å². The van der Waals surface area contributed by atoms with E-state index in [4.69, 9.17) is 11.6 Å². The number of nitrogens with one attached hydrogen (secondary N) is 3. The van der Waals surface area contributed by atoms with Gasteiger partial charge in [0.05, 0.1) is 16.4 Å². The Morgan fingerprint density at radius 1 is 1.15 bits per heavy atom. The van der Waals surface area contributed by atoms with Crippen LogP contribution in [0.4, 0.5) is 26.4 Å². The maximum atomic E-state index is 14.6. The largest absolute Gasteiger partial charge is 0.373 e. The van der Waals surface area contributed by atoms with Crippen LogP contribution in [0.25, 0.3) is 16.5 Å². The highest BCUT2D eigenvalue weighted by Crippen LogP contribution is 2.28. The molecule has 0 aliphatic carbocycles. The maximum absolute atomic E-state index is 14.6. The highest BCUT2D eigenvalue weighted by atomic mass is 35.5. The number of nitrogens with zero attached hydrogens (tertiary/aromatic N) is 2. The van der Waals surface area contributed by atoms with Gasteiger partial charge in [0.2, 0.25) is 0 Å². The summed E-state index contributed by atoms with van der Waals surface area (Å²) in [5.74, 6) is -0.0816. The first-order valence-corrected chi connectivity index (χ1v) is 10.6. The molecule has 0 saturated heterocycles. The van der Waals surface area contributed by atoms with Crippen LogP contribution < -0.4 is 21.5 Å². The van der Waals surface area contributed by atoms with Crippen LogP contribution in [0.1, 0.15) is 12.5 Å². The lowest BCUT2D eigenvalue weighted by atomic mass is 10.1. The predicted molar refractivity (Wildman–Crippen MR) is 130 cm³/mol. The Morgan fingerprint density at radius 2 is 1.91 bits per heavy atom. The summed E-state index contributed by atoms with van der Waals surface area (Å²) in [5, 5.41) is 9.60. The molecule has 0 aliphatic rings. The number of aryl methyl sites for hydroxylation is 1. The minimum atomic E-state index is -0.725. The topological polar surface area (TPSA) is 88.1 Å². The number of hydrogen-bond donors (Lipinski definition) is 3. The summed E-state index contributed by atoms with van der Waals surface area (Å²) in [6, 6.07) is 12.4. The number of fused-ring (bicyclic) bond motifs is 1. The van der Waals surface area contributed by atoms with E-state index in [9.17, 15) is 14.0 Å². The standard InChI is InChI=1S/C24H21ClFN5O2/c1-3-16-17-9-22(27-2)28-12-14(17)13-31(23(16)32)21-11-20(19(26)10-18(21)25)30-24(33)29-15-7-5-4-6-8-15/h4-13,27H,3H2,1-2H3,(H2,29,30,33). The van der Waals surface area contributed by atoms with E-state index in [1.54, 1.807) is 43.7 Å². The summed E-state index contributed by atoms with van der Waals surface area (Å²) in [6.07, 6.45) is 3.74. The fourth-order valence-electron chi connectivity index (χ4n) is 3.57. The van der Waals surface area contributed by atoms with Crippen molar-refractivity contribution >= 4 is 45.6 Å². The van der Waals surface area contributed by atoms with Gasteiger partial charge in [-0.05, 0) is 42.1 Å². The van der Waals surface area contributed by atoms with Gasteiger partial charge in [-0.1, -0.05) is 36.7 Å². The van der Waals surface area contributed by atoms with Gasteiger partial charge >= 0.3 is 6.03 Å². The number of benzene rings is 2. The van der Waals surface area contributed by atoms with Crippen molar-refractivity contribution in [3.8, 4) is 5.69 Å². The van der Waals surface area contributed by atoms with Crippen LogP contribution in [-0.2, 0) is 6.42 Å². The molecule has 0 unspecified atom stereocenters. The average Bonchev–Trinajstić information content (AvgIpc) is 2.81. The van der Waals surface area contributed by atoms with Gasteiger partial charge in [-0.25, -0.2) is 14.2 Å². The molecular weight excluding hydrogens is 445 g/mol. The number of pyridine rings is 2. The zero-order chi connectivity index (χ0) is 23.5. The first kappa shape index (κ1) is 22.3. The Bertz CT molecular complexity index is 1410. The minimum Gasteiger partial charge on any atom is -0.373 e. The number of hydrogen-bond acceptors (Lipinski definition) is 4. The van der Waals surface area contributed by atoms with E-state index in [2.05, 4.69) is 20.9 Å². The third-order valence-electron chi connectivity index (χ3n) is 5.19. The van der Waals surface area contributed by atoms with Crippen molar-refractivity contribution in [2.75, 3.05) is 23.0 Å². The smallest absolute Gasteiger partial charge is 0.323 e. The molecule has 0 radical (unpaired) electrons. The summed E-state index contributed by atoms with van der Waals surface area (Å²) < 4.78 is 15.9. The van der Waals surface area contributed by atoms with Gasteiger partial charge in [-0.3, -0.25) is 9.36 Å². The second-order valence-corrected chi connectivity index (χ2v) is 7.68. The number of amides is 2. The molecule has 0 atom stereocenters. The van der Waals surface area contributed by atoms with Gasteiger partial charge in [-0.2, -0.15) is 0 Å². The number of halogens is 2. The van der Waals surface area contributed by atoms with Crippen molar-refractivity contribution in [2.24, 2.45) is 0 Å². The summed E-state index contributed by atoms with van der Waals surface area (Å²) in [4.78, 5) is 30.0. The predicted octanol–water partition coefficient (Wildman–Crippen LogP) is 5.43. The number of rotatable bonds is 5. The number of carbonyl (C=O) groups excluding carboxylic acids is 1. The number of anilines is 3. The SMILES string of the molecule is CCc1c(=O)n(-c2cc(NC(=O)Nc3ccccc3)c(F)cc2Cl)cc2cnc(NC)cc12. The lowest BCUT2D eigenvalue weighted by molar-refractivity contribution is 0.262. The second-order valence-electron chi connectivity index (χ2n) is 7.27. The van der Waals surface area contributed by atoms with E-state index in [1.807, 2.05) is 19.1 Å². The van der Waals surface area contributed by atoms with E-state index in [-0.39, 0.29) is 22.0 Å². The van der Waals surface area contributed by atoms with Gasteiger partial charge in [0.1, 0.15) is 11.6 Å². The third kappa shape index (κ3) is 4.51. The Hall–Kier alpha value is -3.91. The van der Waals surface area contributed by atoms with E-state index < -0.39 is 11.8 Å². The molecule has 2 aromatic heterocycles. The first-order chi connectivity index (χ1) is 15.9. The molecule has 4 rings (SSSR count). The molecular formula is C24H21ClFN5O2. The molecule has 3 N–H and O–H groups in total. The molecule has 2 amide bonds. The fraction of sp³-hybridized carbons (Fsp3) is 0.125. The molecule has 9 heteroatoms. The van der Waals surface area contributed by atoms with Gasteiger partial charge < -0.3 is 16.0 Å². The van der Waals surface area contributed by atoms with Crippen molar-refractivity contribution in [3.63, 3.8) is 0 Å². The lowest BCUT2D eigenvalue weighted by Gasteiger charge is -2.15. The van der Waals surface area contributed by atoms with E-state index in [0.717, 1.165) is 16.8 Å². The van der Waals surface area contributed by atoms with Crippen LogP contribution in [0.3, 0.4) is 0 Å². The molecule has 7 nitrogen and oxygen atoms in total. The summed E-state index contributed by atoms with van der Waals surface area (Å²) in [6.45, 7) is 1.88. The first-order valence-electron chi connectivity index (χ1n) is 10.3. The second kappa shape index (κ2) is 9.30. The van der Waals surface area contributed by atoms with Crippen LogP contribution in [0.15, 0.2) is 65.7 Å². The van der Waals surface area contributed by atoms with Crippen molar-refractivity contribution in [2.45, 2.75) is 13.3 Å². The minimum absolute atomic E-state index is 0.0322. The van der Waals surface area contributed by atoms with Crippen molar-refractivity contribution in [1.82, 2.24) is 9.55 Å². The zero-order valence-corrected chi connectivity index (χ0v) is 18.7. The zero-order valence-electron chi connectivity index (χ0n) is 17.9. The highest BCUT2D eigenvalue weighted by Gasteiger charge is 2.17. The molecule has 0 saturated carbocycles. The van der Waals surface area contributed by atoms with Crippen LogP contribution in [0, 0.1) is 5.82 Å². The number of carbonyl (C=O) groups is 1. The third-order valence-corrected chi connectivity index (χ3v) is 5.49. The monoisotopic (exact) mass is 465 g/mol. The summed E-state index contributed by atoms with van der Waals surface area (Å²) in [5.41, 5.74) is 0.967.